The minimum atomic E-state index is 0.770. The molecular formula is C13H11N3. The van der Waals surface area contributed by atoms with E-state index >= 15 is 0 Å². The van der Waals surface area contributed by atoms with Crippen molar-refractivity contribution in [3.8, 4) is 11.4 Å². The zero-order valence-electron chi connectivity index (χ0n) is 8.96. The molecule has 0 amide bonds. The Kier molecular flexibility index (Phi) is 1.96. The Hall–Kier alpha value is -2.16. The first-order chi connectivity index (χ1) is 7.83. The third kappa shape index (κ3) is 1.46. The van der Waals surface area contributed by atoms with Crippen LogP contribution in [0.3, 0.4) is 0 Å². The Labute approximate surface area is 93.4 Å². The quantitative estimate of drug-likeness (QED) is 0.616. The Balaban J connectivity index is 2.15. The zero-order valence-corrected chi connectivity index (χ0v) is 8.96. The number of rotatable bonds is 1. The summed E-state index contributed by atoms with van der Waals surface area (Å²) in [6, 6.07) is 14.1. The van der Waals surface area contributed by atoms with Gasteiger partial charge in [0.2, 0.25) is 0 Å². The molecule has 0 aliphatic carbocycles. The first kappa shape index (κ1) is 9.09. The number of aryl methyl sites for hydroxylation is 1. The molecule has 3 rings (SSSR count). The van der Waals surface area contributed by atoms with Crippen LogP contribution >= 0.6 is 0 Å². The van der Waals surface area contributed by atoms with Crippen LogP contribution < -0.4 is 0 Å². The molecule has 0 saturated heterocycles. The normalized spacial score (nSPS) is 10.8. The molecular weight excluding hydrogens is 198 g/mol. The first-order valence-corrected chi connectivity index (χ1v) is 5.21. The molecule has 3 nitrogen and oxygen atoms in total. The van der Waals surface area contributed by atoms with E-state index in [1.807, 2.05) is 36.5 Å². The first-order valence-electron chi connectivity index (χ1n) is 5.21. The van der Waals surface area contributed by atoms with Crippen LogP contribution in [0.15, 0.2) is 48.7 Å². The van der Waals surface area contributed by atoms with Gasteiger partial charge in [0.1, 0.15) is 0 Å². The van der Waals surface area contributed by atoms with Crippen molar-refractivity contribution in [3.05, 3.63) is 54.2 Å². The summed E-state index contributed by atoms with van der Waals surface area (Å²) >= 11 is 0. The highest BCUT2D eigenvalue weighted by atomic mass is 15.3. The summed E-state index contributed by atoms with van der Waals surface area (Å²) in [5.74, 6) is 0.770. The van der Waals surface area contributed by atoms with Crippen LogP contribution in [0.2, 0.25) is 0 Å². The van der Waals surface area contributed by atoms with Gasteiger partial charge in [-0.15, -0.1) is 5.10 Å². The van der Waals surface area contributed by atoms with Crippen molar-refractivity contribution >= 4 is 5.65 Å². The van der Waals surface area contributed by atoms with Gasteiger partial charge in [-0.1, -0.05) is 35.9 Å². The van der Waals surface area contributed by atoms with Crippen molar-refractivity contribution in [1.82, 2.24) is 14.6 Å². The van der Waals surface area contributed by atoms with Crippen molar-refractivity contribution in [1.29, 1.82) is 0 Å². The smallest absolute Gasteiger partial charge is 0.182 e. The van der Waals surface area contributed by atoms with Gasteiger partial charge in [0.25, 0.3) is 0 Å². The summed E-state index contributed by atoms with van der Waals surface area (Å²) in [4.78, 5) is 4.46. The molecule has 0 N–H and O–H groups in total. The van der Waals surface area contributed by atoms with E-state index in [1.54, 1.807) is 4.52 Å². The monoisotopic (exact) mass is 209 g/mol. The number of aromatic nitrogens is 3. The SMILES string of the molecule is Cc1ccc(-c2nc3ccccn3n2)cc1. The lowest BCUT2D eigenvalue weighted by atomic mass is 10.1. The van der Waals surface area contributed by atoms with E-state index in [4.69, 9.17) is 0 Å². The van der Waals surface area contributed by atoms with Crippen LogP contribution in [-0.2, 0) is 0 Å². The third-order valence-corrected chi connectivity index (χ3v) is 2.55. The Morgan fingerprint density at radius 3 is 2.56 bits per heavy atom. The van der Waals surface area contributed by atoms with E-state index < -0.39 is 0 Å². The minimum absolute atomic E-state index is 0.770. The number of pyridine rings is 1. The predicted octanol–water partition coefficient (Wildman–Crippen LogP) is 2.70. The van der Waals surface area contributed by atoms with E-state index in [1.165, 1.54) is 5.56 Å². The number of benzene rings is 1. The molecule has 1 aromatic carbocycles. The van der Waals surface area contributed by atoms with Gasteiger partial charge in [0, 0.05) is 11.8 Å². The highest BCUT2D eigenvalue weighted by Gasteiger charge is 2.04. The van der Waals surface area contributed by atoms with Crippen LogP contribution in [0.5, 0.6) is 0 Å². The van der Waals surface area contributed by atoms with Crippen molar-refractivity contribution in [2.24, 2.45) is 0 Å². The summed E-state index contributed by atoms with van der Waals surface area (Å²) in [7, 11) is 0. The molecule has 0 atom stereocenters. The average molecular weight is 209 g/mol. The molecule has 0 radical (unpaired) electrons. The lowest BCUT2D eigenvalue weighted by molar-refractivity contribution is 0.966. The predicted molar refractivity (Wildman–Crippen MR) is 63.2 cm³/mol. The Morgan fingerprint density at radius 2 is 1.81 bits per heavy atom. The Morgan fingerprint density at radius 1 is 1.00 bits per heavy atom. The zero-order chi connectivity index (χ0) is 11.0. The summed E-state index contributed by atoms with van der Waals surface area (Å²) in [6.07, 6.45) is 1.90. The molecule has 0 spiro atoms. The van der Waals surface area contributed by atoms with Crippen molar-refractivity contribution in [3.63, 3.8) is 0 Å². The van der Waals surface area contributed by atoms with Crippen LogP contribution in [0.4, 0.5) is 0 Å². The Bertz CT molecular complexity index is 590. The van der Waals surface area contributed by atoms with Gasteiger partial charge in [-0.2, -0.15) is 0 Å². The highest BCUT2D eigenvalue weighted by molar-refractivity contribution is 5.58. The van der Waals surface area contributed by atoms with E-state index in [0.717, 1.165) is 17.0 Å². The fraction of sp³-hybridized carbons (Fsp3) is 0.0769. The lowest BCUT2D eigenvalue weighted by Crippen LogP contribution is -1.85. The van der Waals surface area contributed by atoms with Crippen molar-refractivity contribution < 1.29 is 0 Å². The average Bonchev–Trinajstić information content (AvgIpc) is 2.73. The van der Waals surface area contributed by atoms with Gasteiger partial charge in [0.15, 0.2) is 11.5 Å². The van der Waals surface area contributed by atoms with E-state index in [-0.39, 0.29) is 0 Å². The van der Waals surface area contributed by atoms with Crippen LogP contribution in [0.25, 0.3) is 17.0 Å². The van der Waals surface area contributed by atoms with Crippen LogP contribution in [-0.4, -0.2) is 14.6 Å². The topological polar surface area (TPSA) is 30.2 Å². The highest BCUT2D eigenvalue weighted by Crippen LogP contribution is 2.16. The maximum Gasteiger partial charge on any atom is 0.182 e. The standard InChI is InChI=1S/C13H11N3/c1-10-5-7-11(8-6-10)13-14-12-4-2-3-9-16(12)15-13/h2-9H,1H3. The van der Waals surface area contributed by atoms with Gasteiger partial charge in [-0.05, 0) is 19.1 Å². The van der Waals surface area contributed by atoms with E-state index in [2.05, 4.69) is 29.1 Å². The largest absolute Gasteiger partial charge is 0.221 e. The molecule has 78 valence electrons. The van der Waals surface area contributed by atoms with Gasteiger partial charge in [-0.3, -0.25) is 0 Å². The molecule has 0 aliphatic heterocycles. The lowest BCUT2D eigenvalue weighted by Gasteiger charge is -1.94. The summed E-state index contributed by atoms with van der Waals surface area (Å²) in [5.41, 5.74) is 3.17. The molecule has 0 bridgehead atoms. The number of nitrogens with zero attached hydrogens (tertiary/aromatic N) is 3. The van der Waals surface area contributed by atoms with Gasteiger partial charge in [0.05, 0.1) is 0 Å². The number of hydrogen-bond acceptors (Lipinski definition) is 2. The van der Waals surface area contributed by atoms with Gasteiger partial charge in [-0.25, -0.2) is 9.50 Å². The molecule has 3 aromatic rings. The second kappa shape index (κ2) is 3.45. The molecule has 0 aliphatic rings. The van der Waals surface area contributed by atoms with E-state index in [9.17, 15) is 0 Å². The van der Waals surface area contributed by atoms with Gasteiger partial charge >= 0.3 is 0 Å². The van der Waals surface area contributed by atoms with E-state index in [0.29, 0.717) is 0 Å². The molecule has 3 heteroatoms. The minimum Gasteiger partial charge on any atom is -0.221 e. The summed E-state index contributed by atoms with van der Waals surface area (Å²) < 4.78 is 1.79. The maximum absolute atomic E-state index is 4.46. The summed E-state index contributed by atoms with van der Waals surface area (Å²) in [5, 5.41) is 4.42. The van der Waals surface area contributed by atoms with Gasteiger partial charge < -0.3 is 0 Å². The third-order valence-electron chi connectivity index (χ3n) is 2.55. The second-order valence-corrected chi connectivity index (χ2v) is 3.80. The maximum atomic E-state index is 4.46. The van der Waals surface area contributed by atoms with Crippen molar-refractivity contribution in [2.75, 3.05) is 0 Å². The molecule has 0 fully saturated rings. The second-order valence-electron chi connectivity index (χ2n) is 3.80. The fourth-order valence-electron chi connectivity index (χ4n) is 1.66. The van der Waals surface area contributed by atoms with Crippen LogP contribution in [0, 0.1) is 6.92 Å². The number of fused-ring (bicyclic) bond motifs is 1. The molecule has 16 heavy (non-hydrogen) atoms. The molecule has 2 heterocycles. The molecule has 0 saturated carbocycles. The van der Waals surface area contributed by atoms with Crippen LogP contribution in [0.1, 0.15) is 5.56 Å². The number of hydrogen-bond donors (Lipinski definition) is 0. The summed E-state index contributed by atoms with van der Waals surface area (Å²) in [6.45, 7) is 2.07. The van der Waals surface area contributed by atoms with Crippen molar-refractivity contribution in [2.45, 2.75) is 6.92 Å². The molecule has 0 unspecified atom stereocenters. The fourth-order valence-corrected chi connectivity index (χ4v) is 1.66. The molecule has 2 aromatic heterocycles.